The van der Waals surface area contributed by atoms with Crippen LogP contribution in [0.25, 0.3) is 6.08 Å². The molecule has 0 aliphatic heterocycles. The van der Waals surface area contributed by atoms with Gasteiger partial charge in [-0.15, -0.1) is 0 Å². The van der Waals surface area contributed by atoms with Crippen LogP contribution in [-0.4, -0.2) is 23.5 Å². The third-order valence-electron chi connectivity index (χ3n) is 1.85. The van der Waals surface area contributed by atoms with E-state index in [2.05, 4.69) is 10.3 Å². The molecule has 15 heavy (non-hydrogen) atoms. The van der Waals surface area contributed by atoms with Crippen LogP contribution in [0.3, 0.4) is 0 Å². The largest absolute Gasteiger partial charge is 0.370 e. The van der Waals surface area contributed by atoms with Crippen molar-refractivity contribution in [1.29, 1.82) is 0 Å². The summed E-state index contributed by atoms with van der Waals surface area (Å²) in [6.07, 6.45) is 5.87. The molecule has 1 aromatic rings. The minimum absolute atomic E-state index is 0.0989. The Kier molecular flexibility index (Phi) is 4.43. The number of nitrogens with zero attached hydrogens (tertiary/aromatic N) is 2. The Labute approximate surface area is 88.0 Å². The molecule has 1 rings (SSSR count). The van der Waals surface area contributed by atoms with E-state index in [0.29, 0.717) is 5.56 Å². The zero-order chi connectivity index (χ0) is 11.1. The van der Waals surface area contributed by atoms with E-state index in [4.69, 9.17) is 0 Å². The predicted octanol–water partition coefficient (Wildman–Crippen LogP) is 1.61. The van der Waals surface area contributed by atoms with Gasteiger partial charge in [0, 0.05) is 0 Å². The van der Waals surface area contributed by atoms with E-state index in [-0.39, 0.29) is 5.82 Å². The zero-order valence-corrected chi connectivity index (χ0v) is 8.51. The summed E-state index contributed by atoms with van der Waals surface area (Å²) >= 11 is 0. The second-order valence-corrected chi connectivity index (χ2v) is 2.97. The number of aromatic nitrogens is 1. The molecule has 5 nitrogen and oxygen atoms in total. The summed E-state index contributed by atoms with van der Waals surface area (Å²) in [5.41, 5.74) is 0.540. The lowest BCUT2D eigenvalue weighted by atomic mass is 10.2. The van der Waals surface area contributed by atoms with Crippen molar-refractivity contribution in [2.75, 3.05) is 13.6 Å². The molecule has 0 spiro atoms. The van der Waals surface area contributed by atoms with Crippen molar-refractivity contribution >= 4 is 11.9 Å². The first-order valence-electron chi connectivity index (χ1n) is 4.66. The Morgan fingerprint density at radius 1 is 1.67 bits per heavy atom. The van der Waals surface area contributed by atoms with Gasteiger partial charge >= 0.3 is 5.82 Å². The molecule has 0 bridgehead atoms. The summed E-state index contributed by atoms with van der Waals surface area (Å²) in [6, 6.07) is 3.37. The Morgan fingerprint density at radius 2 is 2.47 bits per heavy atom. The van der Waals surface area contributed by atoms with Crippen LogP contribution in [0.1, 0.15) is 12.0 Å². The van der Waals surface area contributed by atoms with E-state index in [1.807, 2.05) is 13.1 Å². The first kappa shape index (κ1) is 11.3. The maximum atomic E-state index is 10.6. The third kappa shape index (κ3) is 3.47. The fourth-order valence-electron chi connectivity index (χ4n) is 1.13. The van der Waals surface area contributed by atoms with Crippen LogP contribution in [0.5, 0.6) is 0 Å². The molecular formula is C10H13N3O2. The lowest BCUT2D eigenvalue weighted by molar-refractivity contribution is -0.389. The molecule has 0 fully saturated rings. The smallest absolute Gasteiger partial charge is 0.358 e. The second kappa shape index (κ2) is 5.87. The molecule has 0 amide bonds. The number of hydrogen-bond acceptors (Lipinski definition) is 4. The van der Waals surface area contributed by atoms with E-state index in [1.165, 1.54) is 6.20 Å². The molecule has 0 radical (unpaired) electrons. The molecule has 0 saturated heterocycles. The summed E-state index contributed by atoms with van der Waals surface area (Å²) in [6.45, 7) is 0.852. The van der Waals surface area contributed by atoms with Crippen LogP contribution in [0, 0.1) is 10.1 Å². The number of rotatable bonds is 5. The summed E-state index contributed by atoms with van der Waals surface area (Å²) in [7, 11) is 1.86. The second-order valence-electron chi connectivity index (χ2n) is 2.97. The van der Waals surface area contributed by atoms with Gasteiger partial charge in [0.25, 0.3) is 0 Å². The Morgan fingerprint density at radius 3 is 3.13 bits per heavy atom. The fourth-order valence-corrected chi connectivity index (χ4v) is 1.13. The number of pyridine rings is 1. The van der Waals surface area contributed by atoms with Gasteiger partial charge in [-0.25, -0.2) is 0 Å². The van der Waals surface area contributed by atoms with E-state index in [9.17, 15) is 10.1 Å². The van der Waals surface area contributed by atoms with Crippen LogP contribution in [-0.2, 0) is 0 Å². The van der Waals surface area contributed by atoms with Crippen molar-refractivity contribution in [3.8, 4) is 0 Å². The van der Waals surface area contributed by atoms with Crippen LogP contribution in [0.15, 0.2) is 24.4 Å². The molecule has 80 valence electrons. The maximum Gasteiger partial charge on any atom is 0.370 e. The highest BCUT2D eigenvalue weighted by Gasteiger charge is 2.10. The van der Waals surface area contributed by atoms with Crippen molar-refractivity contribution in [3.05, 3.63) is 40.1 Å². The normalized spacial score (nSPS) is 10.7. The maximum absolute atomic E-state index is 10.6. The van der Waals surface area contributed by atoms with Crippen LogP contribution in [0.2, 0.25) is 0 Å². The topological polar surface area (TPSA) is 68.1 Å². The third-order valence-corrected chi connectivity index (χ3v) is 1.85. The highest BCUT2D eigenvalue weighted by molar-refractivity contribution is 5.57. The van der Waals surface area contributed by atoms with Gasteiger partial charge in [0.2, 0.25) is 0 Å². The van der Waals surface area contributed by atoms with Crippen molar-refractivity contribution in [2.45, 2.75) is 6.42 Å². The molecule has 0 aliphatic rings. The monoisotopic (exact) mass is 207 g/mol. The molecule has 0 saturated carbocycles. The SMILES string of the molecule is CNCCC=Cc1cccnc1[N+](=O)[O-]. The van der Waals surface area contributed by atoms with Crippen molar-refractivity contribution in [3.63, 3.8) is 0 Å². The van der Waals surface area contributed by atoms with Gasteiger partial charge in [-0.1, -0.05) is 12.2 Å². The van der Waals surface area contributed by atoms with Gasteiger partial charge in [0.05, 0.1) is 5.56 Å². The fraction of sp³-hybridized carbons (Fsp3) is 0.300. The molecule has 1 N–H and O–H groups in total. The Balaban J connectivity index is 2.75. The summed E-state index contributed by atoms with van der Waals surface area (Å²) in [4.78, 5) is 13.8. The van der Waals surface area contributed by atoms with E-state index >= 15 is 0 Å². The zero-order valence-electron chi connectivity index (χ0n) is 8.51. The van der Waals surface area contributed by atoms with E-state index < -0.39 is 4.92 Å². The molecule has 1 aromatic heterocycles. The summed E-state index contributed by atoms with van der Waals surface area (Å²) < 4.78 is 0. The predicted molar refractivity (Wildman–Crippen MR) is 58.5 cm³/mol. The van der Waals surface area contributed by atoms with Gasteiger partial charge in [0.15, 0.2) is 0 Å². The standard InChI is InChI=1S/C10H13N3O2/c1-11-7-3-2-5-9-6-4-8-12-10(9)13(14)15/h2,4-6,8,11H,3,7H2,1H3. The summed E-state index contributed by atoms with van der Waals surface area (Å²) in [5.74, 6) is -0.0989. The van der Waals surface area contributed by atoms with Gasteiger partial charge in [0.1, 0.15) is 6.20 Å². The molecular weight excluding hydrogens is 194 g/mol. The number of hydrogen-bond donors (Lipinski definition) is 1. The highest BCUT2D eigenvalue weighted by atomic mass is 16.6. The van der Waals surface area contributed by atoms with Gasteiger partial charge in [-0.05, 0) is 42.1 Å². The van der Waals surface area contributed by atoms with Crippen LogP contribution in [0.4, 0.5) is 5.82 Å². The van der Waals surface area contributed by atoms with E-state index in [0.717, 1.165) is 13.0 Å². The molecule has 0 atom stereocenters. The van der Waals surface area contributed by atoms with Crippen LogP contribution >= 0.6 is 0 Å². The lowest BCUT2D eigenvalue weighted by Crippen LogP contribution is -2.05. The minimum atomic E-state index is -0.474. The van der Waals surface area contributed by atoms with Gasteiger partial charge in [-0.3, -0.25) is 0 Å². The van der Waals surface area contributed by atoms with Gasteiger partial charge < -0.3 is 15.4 Å². The molecule has 0 aromatic carbocycles. The lowest BCUT2D eigenvalue weighted by Gasteiger charge is -1.96. The van der Waals surface area contributed by atoms with Crippen molar-refractivity contribution < 1.29 is 4.92 Å². The number of nitro groups is 1. The molecule has 0 unspecified atom stereocenters. The average molecular weight is 207 g/mol. The Hall–Kier alpha value is -1.75. The minimum Gasteiger partial charge on any atom is -0.358 e. The van der Waals surface area contributed by atoms with Crippen LogP contribution < -0.4 is 5.32 Å². The average Bonchev–Trinajstić information content (AvgIpc) is 2.25. The van der Waals surface area contributed by atoms with E-state index in [1.54, 1.807) is 18.2 Å². The summed E-state index contributed by atoms with van der Waals surface area (Å²) in [5, 5.41) is 13.6. The quantitative estimate of drug-likeness (QED) is 0.452. The number of nitrogens with one attached hydrogen (secondary N) is 1. The molecule has 0 aliphatic carbocycles. The first-order chi connectivity index (χ1) is 7.25. The van der Waals surface area contributed by atoms with Crippen molar-refractivity contribution in [2.24, 2.45) is 0 Å². The van der Waals surface area contributed by atoms with Crippen molar-refractivity contribution in [1.82, 2.24) is 10.3 Å². The first-order valence-corrected chi connectivity index (χ1v) is 4.66. The molecule has 5 heteroatoms. The Bertz CT molecular complexity index is 363. The highest BCUT2D eigenvalue weighted by Crippen LogP contribution is 2.15. The molecule has 1 heterocycles. The van der Waals surface area contributed by atoms with Gasteiger partial charge in [-0.2, -0.15) is 0 Å².